The molecular formula is C23H29N3O2. The zero-order valence-electron chi connectivity index (χ0n) is 16.7. The Labute approximate surface area is 167 Å². The van der Waals surface area contributed by atoms with Crippen molar-refractivity contribution in [2.75, 3.05) is 5.32 Å². The van der Waals surface area contributed by atoms with Crippen molar-refractivity contribution in [3.05, 3.63) is 59.4 Å². The number of amides is 2. The monoisotopic (exact) mass is 379 g/mol. The summed E-state index contributed by atoms with van der Waals surface area (Å²) in [6.45, 7) is 4.62. The molecule has 2 N–H and O–H groups in total. The number of pyridine rings is 1. The fraction of sp³-hybridized carbons (Fsp3) is 0.435. The predicted octanol–water partition coefficient (Wildman–Crippen LogP) is 4.01. The van der Waals surface area contributed by atoms with Gasteiger partial charge < -0.3 is 10.6 Å². The Balaban J connectivity index is 1.49. The van der Waals surface area contributed by atoms with E-state index in [1.807, 2.05) is 31.2 Å². The molecule has 0 spiro atoms. The van der Waals surface area contributed by atoms with Crippen LogP contribution in [0.15, 0.2) is 42.7 Å². The van der Waals surface area contributed by atoms with Gasteiger partial charge in [-0.2, -0.15) is 0 Å². The third-order valence-corrected chi connectivity index (χ3v) is 5.65. The Morgan fingerprint density at radius 1 is 1.04 bits per heavy atom. The minimum Gasteiger partial charge on any atom is -0.352 e. The first kappa shape index (κ1) is 20.1. The van der Waals surface area contributed by atoms with Crippen LogP contribution in [-0.4, -0.2) is 16.8 Å². The Morgan fingerprint density at radius 3 is 2.39 bits per heavy atom. The molecule has 2 aromatic rings. The largest absolute Gasteiger partial charge is 0.352 e. The van der Waals surface area contributed by atoms with Gasteiger partial charge in [-0.1, -0.05) is 31.2 Å². The molecule has 1 aliphatic carbocycles. The van der Waals surface area contributed by atoms with Gasteiger partial charge in [-0.25, -0.2) is 0 Å². The minimum absolute atomic E-state index is 0.00890. The van der Waals surface area contributed by atoms with E-state index in [0.29, 0.717) is 6.54 Å². The van der Waals surface area contributed by atoms with Crippen LogP contribution >= 0.6 is 0 Å². The van der Waals surface area contributed by atoms with Gasteiger partial charge in [0.2, 0.25) is 11.8 Å². The summed E-state index contributed by atoms with van der Waals surface area (Å²) in [5.41, 5.74) is 4.20. The van der Waals surface area contributed by atoms with Crippen molar-refractivity contribution in [3.63, 3.8) is 0 Å². The average Bonchev–Trinajstić information content (AvgIpc) is 2.74. The fourth-order valence-electron chi connectivity index (χ4n) is 3.88. The van der Waals surface area contributed by atoms with Crippen LogP contribution < -0.4 is 10.6 Å². The second kappa shape index (κ2) is 9.49. The van der Waals surface area contributed by atoms with Crippen molar-refractivity contribution < 1.29 is 9.59 Å². The number of aromatic nitrogens is 1. The topological polar surface area (TPSA) is 71.1 Å². The molecule has 148 valence electrons. The van der Waals surface area contributed by atoms with Crippen molar-refractivity contribution in [2.45, 2.75) is 52.5 Å². The number of carbonyl (C=O) groups is 2. The van der Waals surface area contributed by atoms with Gasteiger partial charge in [0, 0.05) is 36.5 Å². The molecule has 1 heterocycles. The quantitative estimate of drug-likeness (QED) is 0.796. The van der Waals surface area contributed by atoms with E-state index in [0.717, 1.165) is 54.5 Å². The lowest BCUT2D eigenvalue weighted by atomic mass is 9.81. The SMILES string of the molecule is CCc1cccc(C)c1NC(=O)C1CCC(C(=O)NCc2cccnc2)CC1. The molecule has 0 radical (unpaired) electrons. The summed E-state index contributed by atoms with van der Waals surface area (Å²) in [5.74, 6) is 0.130. The van der Waals surface area contributed by atoms with E-state index in [4.69, 9.17) is 0 Å². The van der Waals surface area contributed by atoms with Crippen LogP contribution in [0.2, 0.25) is 0 Å². The molecule has 28 heavy (non-hydrogen) atoms. The van der Waals surface area contributed by atoms with Gasteiger partial charge >= 0.3 is 0 Å². The molecule has 1 fully saturated rings. The molecule has 5 heteroatoms. The van der Waals surface area contributed by atoms with E-state index in [2.05, 4.69) is 28.6 Å². The highest BCUT2D eigenvalue weighted by atomic mass is 16.2. The highest BCUT2D eigenvalue weighted by molar-refractivity contribution is 5.94. The van der Waals surface area contributed by atoms with Gasteiger partial charge in [0.25, 0.3) is 0 Å². The summed E-state index contributed by atoms with van der Waals surface area (Å²) in [4.78, 5) is 29.3. The lowest BCUT2D eigenvalue weighted by Crippen LogP contribution is -2.35. The summed E-state index contributed by atoms with van der Waals surface area (Å²) in [7, 11) is 0. The Morgan fingerprint density at radius 2 is 1.75 bits per heavy atom. The second-order valence-corrected chi connectivity index (χ2v) is 7.58. The maximum atomic E-state index is 12.8. The van der Waals surface area contributed by atoms with Crippen LogP contribution in [0.25, 0.3) is 0 Å². The fourth-order valence-corrected chi connectivity index (χ4v) is 3.88. The van der Waals surface area contributed by atoms with Crippen molar-refractivity contribution in [2.24, 2.45) is 11.8 Å². The number of rotatable bonds is 6. The molecule has 0 aliphatic heterocycles. The number of anilines is 1. The molecule has 3 rings (SSSR count). The van der Waals surface area contributed by atoms with Gasteiger partial charge in [-0.3, -0.25) is 14.6 Å². The van der Waals surface area contributed by atoms with E-state index < -0.39 is 0 Å². The molecule has 1 aromatic heterocycles. The Hall–Kier alpha value is -2.69. The van der Waals surface area contributed by atoms with E-state index in [1.165, 1.54) is 0 Å². The van der Waals surface area contributed by atoms with Crippen LogP contribution in [0.1, 0.15) is 49.3 Å². The van der Waals surface area contributed by atoms with Gasteiger partial charge in [-0.05, 0) is 61.8 Å². The first-order valence-electron chi connectivity index (χ1n) is 10.1. The smallest absolute Gasteiger partial charge is 0.227 e. The third kappa shape index (κ3) is 4.97. The van der Waals surface area contributed by atoms with Crippen LogP contribution in [0.5, 0.6) is 0 Å². The van der Waals surface area contributed by atoms with Crippen molar-refractivity contribution in [1.82, 2.24) is 10.3 Å². The maximum absolute atomic E-state index is 12.8. The first-order valence-corrected chi connectivity index (χ1v) is 10.1. The molecule has 0 unspecified atom stereocenters. The molecule has 1 aromatic carbocycles. The molecule has 2 amide bonds. The molecule has 1 aliphatic rings. The third-order valence-electron chi connectivity index (χ3n) is 5.65. The zero-order valence-corrected chi connectivity index (χ0v) is 16.7. The molecular weight excluding hydrogens is 350 g/mol. The number of benzene rings is 1. The van der Waals surface area contributed by atoms with Gasteiger partial charge in [-0.15, -0.1) is 0 Å². The zero-order chi connectivity index (χ0) is 19.9. The van der Waals surface area contributed by atoms with Crippen LogP contribution in [-0.2, 0) is 22.6 Å². The molecule has 5 nitrogen and oxygen atoms in total. The molecule has 0 saturated heterocycles. The highest BCUT2D eigenvalue weighted by Gasteiger charge is 2.30. The number of aryl methyl sites for hydroxylation is 2. The number of hydrogen-bond donors (Lipinski definition) is 2. The lowest BCUT2D eigenvalue weighted by Gasteiger charge is -2.27. The lowest BCUT2D eigenvalue weighted by molar-refractivity contribution is -0.128. The van der Waals surface area contributed by atoms with Crippen LogP contribution in [0.3, 0.4) is 0 Å². The molecule has 0 bridgehead atoms. The predicted molar refractivity (Wildman–Crippen MR) is 111 cm³/mol. The van der Waals surface area contributed by atoms with Crippen molar-refractivity contribution in [3.8, 4) is 0 Å². The standard InChI is InChI=1S/C23H29N3O2/c1-3-18-8-4-6-16(2)21(18)26-23(28)20-11-9-19(10-12-20)22(27)25-15-17-7-5-13-24-14-17/h4-8,13-14,19-20H,3,9-12,15H2,1-2H3,(H,25,27)(H,26,28). The van der Waals surface area contributed by atoms with E-state index >= 15 is 0 Å². The molecule has 0 atom stereocenters. The number of hydrogen-bond acceptors (Lipinski definition) is 3. The number of nitrogens with one attached hydrogen (secondary N) is 2. The van der Waals surface area contributed by atoms with Gasteiger partial charge in [0.05, 0.1) is 0 Å². The van der Waals surface area contributed by atoms with E-state index in [9.17, 15) is 9.59 Å². The number of carbonyl (C=O) groups excluding carboxylic acids is 2. The van der Waals surface area contributed by atoms with Gasteiger partial charge in [0.1, 0.15) is 0 Å². The summed E-state index contributed by atoms with van der Waals surface area (Å²) in [5, 5.41) is 6.14. The average molecular weight is 380 g/mol. The molecule has 1 saturated carbocycles. The summed E-state index contributed by atoms with van der Waals surface area (Å²) in [6, 6.07) is 9.93. The van der Waals surface area contributed by atoms with Crippen molar-refractivity contribution >= 4 is 17.5 Å². The highest BCUT2D eigenvalue weighted by Crippen LogP contribution is 2.31. The Bertz CT molecular complexity index is 812. The Kier molecular flexibility index (Phi) is 6.80. The maximum Gasteiger partial charge on any atom is 0.227 e. The van der Waals surface area contributed by atoms with E-state index in [-0.39, 0.29) is 23.7 Å². The van der Waals surface area contributed by atoms with E-state index in [1.54, 1.807) is 12.4 Å². The number of para-hydroxylation sites is 1. The summed E-state index contributed by atoms with van der Waals surface area (Å²) >= 11 is 0. The normalized spacial score (nSPS) is 19.1. The summed E-state index contributed by atoms with van der Waals surface area (Å²) < 4.78 is 0. The van der Waals surface area contributed by atoms with Gasteiger partial charge in [0.15, 0.2) is 0 Å². The summed E-state index contributed by atoms with van der Waals surface area (Å²) in [6.07, 6.45) is 7.39. The van der Waals surface area contributed by atoms with Crippen molar-refractivity contribution in [1.29, 1.82) is 0 Å². The minimum atomic E-state index is -0.0216. The second-order valence-electron chi connectivity index (χ2n) is 7.58. The van der Waals surface area contributed by atoms with Crippen LogP contribution in [0, 0.1) is 18.8 Å². The first-order chi connectivity index (χ1) is 13.6. The number of nitrogens with zero attached hydrogens (tertiary/aromatic N) is 1. The van der Waals surface area contributed by atoms with Crippen LogP contribution in [0.4, 0.5) is 5.69 Å².